The van der Waals surface area contributed by atoms with Gasteiger partial charge in [0.2, 0.25) is 5.91 Å². The predicted octanol–water partition coefficient (Wildman–Crippen LogP) is 2.21. The van der Waals surface area contributed by atoms with E-state index in [0.29, 0.717) is 25.2 Å². The number of carbonyl (C=O) groups excluding carboxylic acids is 1. The van der Waals surface area contributed by atoms with Gasteiger partial charge in [-0.1, -0.05) is 29.3 Å². The Morgan fingerprint density at radius 1 is 1.17 bits per heavy atom. The molecule has 1 amide bonds. The van der Waals surface area contributed by atoms with Crippen molar-refractivity contribution in [3.63, 3.8) is 0 Å². The Bertz CT molecular complexity index is 1020. The van der Waals surface area contributed by atoms with Gasteiger partial charge in [-0.25, -0.2) is 4.58 Å². The number of hydrogen-bond acceptors (Lipinski definition) is 4. The summed E-state index contributed by atoms with van der Waals surface area (Å²) in [5.41, 5.74) is 5.14. The lowest BCUT2D eigenvalue weighted by molar-refractivity contribution is -0.414. The van der Waals surface area contributed by atoms with Gasteiger partial charge in [0, 0.05) is 18.8 Å². The third-order valence-electron chi connectivity index (χ3n) is 5.36. The number of anilines is 1. The lowest BCUT2D eigenvalue weighted by atomic mass is 10.1. The molecule has 1 fully saturated rings. The number of nitrogens with zero attached hydrogens (tertiary/aromatic N) is 5. The van der Waals surface area contributed by atoms with Crippen LogP contribution in [0.4, 0.5) is 5.69 Å². The zero-order valence-electron chi connectivity index (χ0n) is 16.6. The van der Waals surface area contributed by atoms with Crippen LogP contribution in [0.2, 0.25) is 0 Å². The van der Waals surface area contributed by atoms with E-state index in [1.807, 2.05) is 60.6 Å². The maximum Gasteiger partial charge on any atom is 0.281 e. The molecule has 0 bridgehead atoms. The molecule has 2 aliphatic heterocycles. The largest absolute Gasteiger partial charge is 0.310 e. The minimum atomic E-state index is 0.139. The number of amides is 1. The van der Waals surface area contributed by atoms with Crippen molar-refractivity contribution in [3.05, 3.63) is 65.2 Å². The molecule has 0 unspecified atom stereocenters. The molecule has 2 aromatic rings. The van der Waals surface area contributed by atoms with Crippen molar-refractivity contribution >= 4 is 23.6 Å². The van der Waals surface area contributed by atoms with E-state index in [-0.39, 0.29) is 5.91 Å². The fourth-order valence-corrected chi connectivity index (χ4v) is 3.78. The standard InChI is InChI=1S/C23H24N5O/c1-18-3-2-4-21(11-18)28-10-9-26(16-23(28)29)15-22-13-25-17-27(22)14-20-7-5-19(12-24)6-8-20/h2-8,11,17H,9-10,13-16H2,1H3/q+1. The molecule has 6 nitrogen and oxygen atoms in total. The van der Waals surface area contributed by atoms with Crippen molar-refractivity contribution in [2.45, 2.75) is 13.5 Å². The van der Waals surface area contributed by atoms with Crippen molar-refractivity contribution in [1.29, 1.82) is 5.26 Å². The molecule has 6 heteroatoms. The highest BCUT2D eigenvalue weighted by Crippen LogP contribution is 2.18. The molecule has 0 N–H and O–H groups in total. The molecule has 0 saturated carbocycles. The molecule has 146 valence electrons. The molecule has 4 rings (SSSR count). The molecule has 0 spiro atoms. The van der Waals surface area contributed by atoms with Crippen LogP contribution in [-0.4, -0.2) is 60.2 Å². The van der Waals surface area contributed by atoms with Gasteiger partial charge in [0.05, 0.1) is 24.7 Å². The predicted molar refractivity (Wildman–Crippen MR) is 113 cm³/mol. The van der Waals surface area contributed by atoms with Gasteiger partial charge in [0.15, 0.2) is 6.54 Å². The first-order valence-corrected chi connectivity index (χ1v) is 9.82. The van der Waals surface area contributed by atoms with Crippen LogP contribution in [0.1, 0.15) is 16.7 Å². The molecule has 1 saturated heterocycles. The van der Waals surface area contributed by atoms with Gasteiger partial charge in [0.1, 0.15) is 12.3 Å². The zero-order chi connectivity index (χ0) is 20.2. The molecular formula is C23H24N5O+. The average Bonchev–Trinajstić information content (AvgIpc) is 3.15. The zero-order valence-corrected chi connectivity index (χ0v) is 16.6. The minimum Gasteiger partial charge on any atom is -0.310 e. The van der Waals surface area contributed by atoms with E-state index in [9.17, 15) is 4.79 Å². The third-order valence-corrected chi connectivity index (χ3v) is 5.36. The molecule has 0 atom stereocenters. The van der Waals surface area contributed by atoms with E-state index in [1.54, 1.807) is 0 Å². The van der Waals surface area contributed by atoms with Crippen molar-refractivity contribution in [1.82, 2.24) is 4.90 Å². The van der Waals surface area contributed by atoms with Crippen LogP contribution in [0.5, 0.6) is 0 Å². The molecule has 29 heavy (non-hydrogen) atoms. The Hall–Kier alpha value is -3.30. The summed E-state index contributed by atoms with van der Waals surface area (Å²) in [5, 5.41) is 8.94. The van der Waals surface area contributed by atoms with E-state index in [1.165, 1.54) is 5.71 Å². The maximum absolute atomic E-state index is 12.7. The first kappa shape index (κ1) is 19.0. The summed E-state index contributed by atoms with van der Waals surface area (Å²) in [6.45, 7) is 6.14. The summed E-state index contributed by atoms with van der Waals surface area (Å²) >= 11 is 0. The van der Waals surface area contributed by atoms with Crippen molar-refractivity contribution in [2.24, 2.45) is 4.99 Å². The van der Waals surface area contributed by atoms with Crippen LogP contribution in [0.3, 0.4) is 0 Å². The number of benzene rings is 2. The lowest BCUT2D eigenvalue weighted by Crippen LogP contribution is -2.52. The Morgan fingerprint density at radius 2 is 2.00 bits per heavy atom. The molecule has 2 heterocycles. The Kier molecular flexibility index (Phi) is 5.50. The SMILES string of the molecule is Cc1cccc(N2CCN(CC3=[N+](Cc4ccc(C#N)cc4)C=NC3)CC2=O)c1. The second-order valence-electron chi connectivity index (χ2n) is 7.55. The third kappa shape index (κ3) is 4.41. The number of piperazine rings is 1. The van der Waals surface area contributed by atoms with Crippen molar-refractivity contribution in [2.75, 3.05) is 37.6 Å². The summed E-state index contributed by atoms with van der Waals surface area (Å²) in [6.07, 6.45) is 1.87. The van der Waals surface area contributed by atoms with Crippen LogP contribution in [0.25, 0.3) is 0 Å². The Balaban J connectivity index is 1.40. The monoisotopic (exact) mass is 386 g/mol. The first-order chi connectivity index (χ1) is 14.1. The number of nitriles is 1. The molecule has 0 aromatic heterocycles. The maximum atomic E-state index is 12.7. The Labute approximate surface area is 171 Å². The molecule has 0 aliphatic carbocycles. The van der Waals surface area contributed by atoms with E-state index >= 15 is 0 Å². The molecule has 2 aromatic carbocycles. The molecular weight excluding hydrogens is 362 g/mol. The second-order valence-corrected chi connectivity index (χ2v) is 7.55. The fourth-order valence-electron chi connectivity index (χ4n) is 3.78. The number of carbonyl (C=O) groups is 1. The van der Waals surface area contributed by atoms with Crippen LogP contribution in [0, 0.1) is 18.3 Å². The Morgan fingerprint density at radius 3 is 2.72 bits per heavy atom. The summed E-state index contributed by atoms with van der Waals surface area (Å²) in [4.78, 5) is 21.2. The highest BCUT2D eigenvalue weighted by molar-refractivity contribution is 5.96. The van der Waals surface area contributed by atoms with E-state index < -0.39 is 0 Å². The van der Waals surface area contributed by atoms with Gasteiger partial charge >= 0.3 is 0 Å². The number of aliphatic imine (C=N–C) groups is 1. The van der Waals surface area contributed by atoms with Gasteiger partial charge in [-0.05, 0) is 42.3 Å². The van der Waals surface area contributed by atoms with Gasteiger partial charge in [-0.2, -0.15) is 5.26 Å². The van der Waals surface area contributed by atoms with Crippen LogP contribution >= 0.6 is 0 Å². The molecule has 0 radical (unpaired) electrons. The first-order valence-electron chi connectivity index (χ1n) is 9.82. The summed E-state index contributed by atoms with van der Waals surface area (Å²) in [6, 6.07) is 17.9. The van der Waals surface area contributed by atoms with Crippen LogP contribution < -0.4 is 4.90 Å². The van der Waals surface area contributed by atoms with Crippen LogP contribution in [0.15, 0.2) is 53.5 Å². The number of aryl methyl sites for hydroxylation is 1. The second kappa shape index (κ2) is 8.38. The highest BCUT2D eigenvalue weighted by Gasteiger charge is 2.28. The van der Waals surface area contributed by atoms with Crippen molar-refractivity contribution in [3.8, 4) is 6.07 Å². The van der Waals surface area contributed by atoms with E-state index in [0.717, 1.165) is 36.4 Å². The smallest absolute Gasteiger partial charge is 0.281 e. The normalized spacial score (nSPS) is 17.1. The van der Waals surface area contributed by atoms with Gasteiger partial charge < -0.3 is 4.90 Å². The van der Waals surface area contributed by atoms with E-state index in [4.69, 9.17) is 5.26 Å². The highest BCUT2D eigenvalue weighted by atomic mass is 16.2. The summed E-state index contributed by atoms with van der Waals surface area (Å²) < 4.78 is 2.15. The fraction of sp³-hybridized carbons (Fsp3) is 0.304. The minimum absolute atomic E-state index is 0.139. The lowest BCUT2D eigenvalue weighted by Gasteiger charge is -2.34. The molecule has 2 aliphatic rings. The van der Waals surface area contributed by atoms with Gasteiger partial charge in [-0.15, -0.1) is 0 Å². The van der Waals surface area contributed by atoms with Crippen molar-refractivity contribution < 1.29 is 9.37 Å². The summed E-state index contributed by atoms with van der Waals surface area (Å²) in [5.74, 6) is 0.139. The number of hydrogen-bond donors (Lipinski definition) is 0. The topological polar surface area (TPSA) is 62.7 Å². The summed E-state index contributed by atoms with van der Waals surface area (Å²) in [7, 11) is 0. The van der Waals surface area contributed by atoms with Gasteiger partial charge in [0.25, 0.3) is 6.34 Å². The average molecular weight is 386 g/mol. The quantitative estimate of drug-likeness (QED) is 0.740. The van der Waals surface area contributed by atoms with Gasteiger partial charge in [-0.3, -0.25) is 9.69 Å². The van der Waals surface area contributed by atoms with E-state index in [2.05, 4.69) is 26.6 Å². The number of rotatable bonds is 5. The van der Waals surface area contributed by atoms with Crippen LogP contribution in [-0.2, 0) is 11.3 Å².